The standard InChI is InChI=1S/C24H32N2O2/c1-15-5-3-6-20(16(15)2)25-22(27)21-7-4-8-26(21)23(28)24-12-17-9-18(13-24)11-19(10-17)14-24/h3,5-6,17-19,21H,4,7-14H2,1-2H3,(H,25,27). The molecule has 2 amide bonds. The maximum atomic E-state index is 13.7. The Morgan fingerprint density at radius 3 is 2.32 bits per heavy atom. The molecule has 1 saturated heterocycles. The summed E-state index contributed by atoms with van der Waals surface area (Å²) in [5.41, 5.74) is 2.99. The van der Waals surface area contributed by atoms with E-state index in [1.807, 2.05) is 24.0 Å². The van der Waals surface area contributed by atoms with Crippen LogP contribution in [-0.2, 0) is 9.59 Å². The van der Waals surface area contributed by atoms with E-state index in [4.69, 9.17) is 0 Å². The number of benzene rings is 1. The van der Waals surface area contributed by atoms with Crippen LogP contribution in [0.15, 0.2) is 18.2 Å². The maximum absolute atomic E-state index is 13.7. The number of rotatable bonds is 3. The summed E-state index contributed by atoms with van der Waals surface area (Å²) in [6, 6.07) is 5.69. The lowest BCUT2D eigenvalue weighted by atomic mass is 9.49. The first-order valence-electron chi connectivity index (χ1n) is 11.1. The maximum Gasteiger partial charge on any atom is 0.247 e. The van der Waals surface area contributed by atoms with Crippen molar-refractivity contribution in [3.8, 4) is 0 Å². The topological polar surface area (TPSA) is 49.4 Å². The summed E-state index contributed by atoms with van der Waals surface area (Å²) in [5.74, 6) is 2.54. The van der Waals surface area contributed by atoms with Crippen molar-refractivity contribution < 1.29 is 9.59 Å². The van der Waals surface area contributed by atoms with Gasteiger partial charge >= 0.3 is 0 Å². The Labute approximate surface area is 168 Å². The van der Waals surface area contributed by atoms with Crippen molar-refractivity contribution in [3.63, 3.8) is 0 Å². The van der Waals surface area contributed by atoms with Crippen LogP contribution < -0.4 is 5.32 Å². The molecule has 4 heteroatoms. The molecule has 0 aromatic heterocycles. The van der Waals surface area contributed by atoms with Gasteiger partial charge in [0.25, 0.3) is 0 Å². The van der Waals surface area contributed by atoms with Crippen molar-refractivity contribution in [1.29, 1.82) is 0 Å². The minimum atomic E-state index is -0.305. The zero-order chi connectivity index (χ0) is 19.5. The van der Waals surface area contributed by atoms with Crippen molar-refractivity contribution >= 4 is 17.5 Å². The van der Waals surface area contributed by atoms with Gasteiger partial charge in [-0.05, 0) is 100 Å². The zero-order valence-corrected chi connectivity index (χ0v) is 17.2. The molecule has 28 heavy (non-hydrogen) atoms. The normalized spacial score (nSPS) is 36.0. The van der Waals surface area contributed by atoms with Crippen molar-refractivity contribution in [2.45, 2.75) is 71.3 Å². The number of anilines is 1. The van der Waals surface area contributed by atoms with Crippen molar-refractivity contribution in [2.24, 2.45) is 23.2 Å². The second-order valence-electron chi connectivity index (χ2n) is 10.1. The molecule has 5 aliphatic rings. The number of nitrogens with zero attached hydrogens (tertiary/aromatic N) is 1. The molecule has 0 spiro atoms. The molecular weight excluding hydrogens is 348 g/mol. The van der Waals surface area contributed by atoms with Crippen LogP contribution >= 0.6 is 0 Å². The average molecular weight is 381 g/mol. The fourth-order valence-corrected chi connectivity index (χ4v) is 7.06. The lowest BCUT2D eigenvalue weighted by molar-refractivity contribution is -0.160. The molecule has 1 unspecified atom stereocenters. The third-order valence-corrected chi connectivity index (χ3v) is 8.17. The van der Waals surface area contributed by atoms with E-state index >= 15 is 0 Å². The summed E-state index contributed by atoms with van der Waals surface area (Å²) in [6.45, 7) is 4.84. The van der Waals surface area contributed by atoms with Gasteiger partial charge in [-0.3, -0.25) is 9.59 Å². The van der Waals surface area contributed by atoms with E-state index in [9.17, 15) is 9.59 Å². The van der Waals surface area contributed by atoms with Crippen LogP contribution in [0.3, 0.4) is 0 Å². The molecule has 6 rings (SSSR count). The Hall–Kier alpha value is -1.84. The van der Waals surface area contributed by atoms with Gasteiger partial charge in [0.15, 0.2) is 0 Å². The van der Waals surface area contributed by atoms with Gasteiger partial charge in [-0.2, -0.15) is 0 Å². The molecule has 4 aliphatic carbocycles. The molecule has 0 radical (unpaired) electrons. The fraction of sp³-hybridized carbons (Fsp3) is 0.667. The Morgan fingerprint density at radius 2 is 1.68 bits per heavy atom. The summed E-state index contributed by atoms with van der Waals surface area (Å²) in [5, 5.41) is 3.12. The van der Waals surface area contributed by atoms with Gasteiger partial charge in [-0.25, -0.2) is 0 Å². The van der Waals surface area contributed by atoms with Gasteiger partial charge in [-0.1, -0.05) is 12.1 Å². The number of nitrogens with one attached hydrogen (secondary N) is 1. The molecule has 1 atom stereocenters. The fourth-order valence-electron chi connectivity index (χ4n) is 7.06. The van der Waals surface area contributed by atoms with Gasteiger partial charge in [0, 0.05) is 12.2 Å². The van der Waals surface area contributed by atoms with Crippen LogP contribution in [0.25, 0.3) is 0 Å². The van der Waals surface area contributed by atoms with Gasteiger partial charge in [0.05, 0.1) is 5.41 Å². The third kappa shape index (κ3) is 2.87. The van der Waals surface area contributed by atoms with E-state index in [0.717, 1.165) is 67.7 Å². The Balaban J connectivity index is 1.35. The lowest BCUT2D eigenvalue weighted by Crippen LogP contribution is -2.56. The summed E-state index contributed by atoms with van der Waals surface area (Å²) in [6.07, 6.45) is 8.94. The number of amides is 2. The molecule has 1 N–H and O–H groups in total. The molecular formula is C24H32N2O2. The first kappa shape index (κ1) is 18.2. The highest BCUT2D eigenvalue weighted by Crippen LogP contribution is 2.60. The molecule has 5 fully saturated rings. The Morgan fingerprint density at radius 1 is 1.04 bits per heavy atom. The highest BCUT2D eigenvalue weighted by Gasteiger charge is 2.56. The molecule has 1 heterocycles. The number of aryl methyl sites for hydroxylation is 1. The summed E-state index contributed by atoms with van der Waals surface area (Å²) in [7, 11) is 0. The lowest BCUT2D eigenvalue weighted by Gasteiger charge is -2.56. The number of hydrogen-bond acceptors (Lipinski definition) is 2. The molecule has 4 saturated carbocycles. The summed E-state index contributed by atoms with van der Waals surface area (Å²) >= 11 is 0. The minimum Gasteiger partial charge on any atom is -0.330 e. The largest absolute Gasteiger partial charge is 0.330 e. The Kier molecular flexibility index (Phi) is 4.29. The monoisotopic (exact) mass is 380 g/mol. The molecule has 1 aromatic carbocycles. The van der Waals surface area contributed by atoms with Gasteiger partial charge < -0.3 is 10.2 Å². The average Bonchev–Trinajstić information content (AvgIpc) is 3.13. The smallest absolute Gasteiger partial charge is 0.247 e. The highest BCUT2D eigenvalue weighted by molar-refractivity contribution is 5.99. The van der Waals surface area contributed by atoms with E-state index < -0.39 is 0 Å². The molecule has 150 valence electrons. The van der Waals surface area contributed by atoms with Crippen molar-refractivity contribution in [1.82, 2.24) is 4.90 Å². The number of carbonyl (C=O) groups excluding carboxylic acids is 2. The van der Waals surface area contributed by atoms with E-state index in [1.165, 1.54) is 24.8 Å². The third-order valence-electron chi connectivity index (χ3n) is 8.17. The van der Waals surface area contributed by atoms with E-state index in [1.54, 1.807) is 0 Å². The van der Waals surface area contributed by atoms with E-state index in [-0.39, 0.29) is 17.4 Å². The van der Waals surface area contributed by atoms with Gasteiger partial charge in [0.1, 0.15) is 6.04 Å². The van der Waals surface area contributed by atoms with Crippen LogP contribution in [0.5, 0.6) is 0 Å². The molecule has 4 nitrogen and oxygen atoms in total. The van der Waals surface area contributed by atoms with Gasteiger partial charge in [0.2, 0.25) is 11.8 Å². The van der Waals surface area contributed by atoms with Gasteiger partial charge in [-0.15, -0.1) is 0 Å². The molecule has 1 aliphatic heterocycles. The minimum absolute atomic E-state index is 0.00993. The van der Waals surface area contributed by atoms with Crippen molar-refractivity contribution in [2.75, 3.05) is 11.9 Å². The summed E-state index contributed by atoms with van der Waals surface area (Å²) in [4.78, 5) is 28.8. The van der Waals surface area contributed by atoms with Crippen LogP contribution in [0.2, 0.25) is 0 Å². The SMILES string of the molecule is Cc1cccc(NC(=O)C2CCCN2C(=O)C23CC4CC(CC(C4)C2)C3)c1C. The predicted molar refractivity (Wildman–Crippen MR) is 110 cm³/mol. The first-order valence-corrected chi connectivity index (χ1v) is 11.1. The van der Waals surface area contributed by atoms with Crippen LogP contribution in [0.1, 0.15) is 62.5 Å². The van der Waals surface area contributed by atoms with Crippen LogP contribution in [0.4, 0.5) is 5.69 Å². The number of likely N-dealkylation sites (tertiary alicyclic amines) is 1. The van der Waals surface area contributed by atoms with Crippen molar-refractivity contribution in [3.05, 3.63) is 29.3 Å². The van der Waals surface area contributed by atoms with E-state index in [0.29, 0.717) is 5.91 Å². The second-order valence-corrected chi connectivity index (χ2v) is 10.1. The quantitative estimate of drug-likeness (QED) is 0.842. The van der Waals surface area contributed by atoms with Crippen LogP contribution in [0, 0.1) is 37.0 Å². The first-order chi connectivity index (χ1) is 13.4. The molecule has 4 bridgehead atoms. The number of hydrogen-bond donors (Lipinski definition) is 1. The number of carbonyl (C=O) groups is 2. The predicted octanol–water partition coefficient (Wildman–Crippen LogP) is 4.45. The second kappa shape index (κ2) is 6.60. The van der Waals surface area contributed by atoms with E-state index in [2.05, 4.69) is 18.3 Å². The summed E-state index contributed by atoms with van der Waals surface area (Å²) < 4.78 is 0. The zero-order valence-electron chi connectivity index (χ0n) is 17.2. The highest BCUT2D eigenvalue weighted by atomic mass is 16.2. The van der Waals surface area contributed by atoms with Crippen LogP contribution in [-0.4, -0.2) is 29.3 Å². The molecule has 1 aromatic rings. The Bertz CT molecular complexity index is 780.